The van der Waals surface area contributed by atoms with Crippen molar-refractivity contribution in [1.82, 2.24) is 17.9 Å². The van der Waals surface area contributed by atoms with Crippen molar-refractivity contribution in [2.75, 3.05) is 0 Å². The van der Waals surface area contributed by atoms with Gasteiger partial charge in [0.25, 0.3) is 6.71 Å². The number of rotatable bonds is 5. The van der Waals surface area contributed by atoms with Gasteiger partial charge in [-0.15, -0.1) is 0 Å². The molecule has 0 fully saturated rings. The quantitative estimate of drug-likeness (QED) is 0.161. The fraction of sp³-hybridized carbons (Fsp3) is 0.172. The average molecular weight is 931 g/mol. The summed E-state index contributed by atoms with van der Waals surface area (Å²) >= 11 is 0. The summed E-state index contributed by atoms with van der Waals surface area (Å²) in [6, 6.07) is 55.0. The molecule has 1 atom stereocenters. The molecule has 1 unspecified atom stereocenters. The van der Waals surface area contributed by atoms with Crippen LogP contribution in [0.2, 0.25) is 0 Å². The van der Waals surface area contributed by atoms with E-state index in [1.807, 2.05) is 0 Å². The first-order chi connectivity index (χ1) is 35.0. The van der Waals surface area contributed by atoms with Crippen LogP contribution in [0.4, 0.5) is 0 Å². The Balaban J connectivity index is 1.23. The Kier molecular flexibility index (Phi) is 8.46. The van der Waals surface area contributed by atoms with Crippen molar-refractivity contribution in [2.45, 2.75) is 66.9 Å². The van der Waals surface area contributed by atoms with E-state index in [-0.39, 0.29) is 30.6 Å². The largest absolute Gasteiger partial charge is 0.487 e. The van der Waals surface area contributed by atoms with Crippen molar-refractivity contribution in [3.05, 3.63) is 202 Å². The van der Waals surface area contributed by atoms with Gasteiger partial charge in [0, 0.05) is 34.0 Å². The van der Waals surface area contributed by atoms with E-state index in [0.717, 1.165) is 95.4 Å². The number of hydrogen-bond donors (Lipinski definition) is 0. The zero-order valence-electron chi connectivity index (χ0n) is 41.7. The highest BCUT2D eigenvalue weighted by atomic mass is 16.5. The van der Waals surface area contributed by atoms with Gasteiger partial charge in [0.1, 0.15) is 28.8 Å². The summed E-state index contributed by atoms with van der Waals surface area (Å²) in [5.41, 5.74) is 23.7. The lowest BCUT2D eigenvalue weighted by molar-refractivity contribution is 0.231. The molecule has 7 aromatic carbocycles. The molecule has 15 rings (SSSR count). The lowest BCUT2D eigenvalue weighted by atomic mass is 9.29. The molecular weight excluding hydrogens is 878 g/mol. The number of ether oxygens (including phenoxy) is 1. The van der Waals surface area contributed by atoms with Gasteiger partial charge in [-0.05, 0) is 111 Å². The summed E-state index contributed by atoms with van der Waals surface area (Å²) in [4.78, 5) is 17.0. The molecule has 0 N–H and O–H groups in total. The minimum absolute atomic E-state index is 0.0140. The Hall–Kier alpha value is -7.96. The number of allylic oxidation sites excluding steroid dienone is 2. The lowest BCUT2D eigenvalue weighted by Gasteiger charge is -2.43. The van der Waals surface area contributed by atoms with Crippen LogP contribution in [0.1, 0.15) is 63.6 Å². The topological polar surface area (TPSA) is 45.0 Å². The second-order valence-electron chi connectivity index (χ2n) is 22.2. The molecule has 0 amide bonds. The Morgan fingerprint density at radius 3 is 1.96 bits per heavy atom. The van der Waals surface area contributed by atoms with E-state index in [4.69, 9.17) is 4.74 Å². The van der Waals surface area contributed by atoms with Crippen molar-refractivity contribution >= 4 is 84.9 Å². The predicted molar refractivity (Wildman–Crippen MR) is 301 cm³/mol. The molecule has 0 saturated heterocycles. The molecule has 6 nitrogen and oxygen atoms in total. The van der Waals surface area contributed by atoms with Gasteiger partial charge in [-0.2, -0.15) is 0 Å². The fourth-order valence-electron chi connectivity index (χ4n) is 13.7. The van der Waals surface area contributed by atoms with E-state index >= 15 is 4.79 Å². The van der Waals surface area contributed by atoms with Crippen LogP contribution in [-0.4, -0.2) is 37.5 Å². The summed E-state index contributed by atoms with van der Waals surface area (Å²) in [5, 5.41) is 3.35. The van der Waals surface area contributed by atoms with Crippen LogP contribution >= 0.6 is 0 Å². The Bertz CT molecular complexity index is 4310. The molecule has 1 aliphatic carbocycles. The van der Waals surface area contributed by atoms with E-state index in [1.165, 1.54) is 49.6 Å². The van der Waals surface area contributed by atoms with Gasteiger partial charge < -0.3 is 4.74 Å². The van der Waals surface area contributed by atoms with Crippen molar-refractivity contribution < 1.29 is 4.74 Å². The number of hydrogen-bond acceptors (Lipinski definition) is 2. The molecule has 346 valence electrons. The molecule has 0 spiro atoms. The number of aryl methyl sites for hydroxylation is 2. The van der Waals surface area contributed by atoms with E-state index in [2.05, 4.69) is 230 Å². The standard InChI is InChI=1S/C64H52B2N4O2/c1-36(2)41-31-37(3)55(38(4)32-41)66-48-29-30-51-56-59(48)69-61-57(66)53-46(40-21-13-9-14-22-40)33-42(39-19-11-8-12-20-39)34-50(53)68(61)63(71)70-60-54(45-25-17-18-26-49(45)67(60)44-23-15-10-16-24-44)58(62(69)70)65(56)47-28-27-43(64(5,6)7)35-52(47)72-51/h8-34,36,52H,35H2,1-7H3. The third kappa shape index (κ3) is 5.39. The van der Waals surface area contributed by atoms with E-state index in [9.17, 15) is 0 Å². The third-order valence-electron chi connectivity index (χ3n) is 16.9. The maximum absolute atomic E-state index is 17.0. The van der Waals surface area contributed by atoms with Crippen LogP contribution in [0, 0.1) is 19.3 Å². The second kappa shape index (κ2) is 14.6. The smallest absolute Gasteiger partial charge is 0.341 e. The van der Waals surface area contributed by atoms with Crippen LogP contribution < -0.4 is 37.7 Å². The number of aromatic nitrogens is 4. The highest BCUT2D eigenvalue weighted by Gasteiger charge is 2.51. The van der Waals surface area contributed by atoms with Crippen LogP contribution in [0.15, 0.2) is 180 Å². The Labute approximate surface area is 419 Å². The first-order valence-electron chi connectivity index (χ1n) is 25.7. The molecule has 11 aromatic rings. The summed E-state index contributed by atoms with van der Waals surface area (Å²) in [5.74, 6) is 1.30. The zero-order chi connectivity index (χ0) is 48.6. The van der Waals surface area contributed by atoms with Gasteiger partial charge >= 0.3 is 5.69 Å². The summed E-state index contributed by atoms with van der Waals surface area (Å²) in [6.45, 7) is 15.7. The van der Waals surface area contributed by atoms with Crippen LogP contribution in [0.3, 0.4) is 0 Å². The van der Waals surface area contributed by atoms with Gasteiger partial charge in [0.05, 0.1) is 11.0 Å². The van der Waals surface area contributed by atoms with E-state index in [1.54, 1.807) is 0 Å². The summed E-state index contributed by atoms with van der Waals surface area (Å²) in [7, 11) is 0. The maximum atomic E-state index is 17.0. The Morgan fingerprint density at radius 2 is 1.25 bits per heavy atom. The third-order valence-corrected chi connectivity index (χ3v) is 16.9. The van der Waals surface area contributed by atoms with Gasteiger partial charge in [0.15, 0.2) is 0 Å². The number of nitrogens with zero attached hydrogens (tertiary/aromatic N) is 4. The van der Waals surface area contributed by atoms with Crippen molar-refractivity contribution in [3.63, 3.8) is 0 Å². The van der Waals surface area contributed by atoms with Gasteiger partial charge in [-0.3, -0.25) is 9.13 Å². The zero-order valence-corrected chi connectivity index (χ0v) is 41.7. The van der Waals surface area contributed by atoms with Gasteiger partial charge in [0.2, 0.25) is 6.71 Å². The minimum Gasteiger partial charge on any atom is -0.487 e. The molecule has 8 heteroatoms. The molecule has 0 saturated carbocycles. The second-order valence-corrected chi connectivity index (χ2v) is 22.2. The molecule has 4 aliphatic rings. The van der Waals surface area contributed by atoms with Gasteiger partial charge in [-0.25, -0.2) is 13.6 Å². The maximum Gasteiger partial charge on any atom is 0.341 e. The van der Waals surface area contributed by atoms with Crippen molar-refractivity contribution in [1.29, 1.82) is 0 Å². The van der Waals surface area contributed by atoms with E-state index < -0.39 is 0 Å². The fourth-order valence-corrected chi connectivity index (χ4v) is 13.7. The summed E-state index contributed by atoms with van der Waals surface area (Å²) < 4.78 is 16.5. The van der Waals surface area contributed by atoms with Crippen LogP contribution in [0.5, 0.6) is 5.75 Å². The van der Waals surface area contributed by atoms with Crippen molar-refractivity contribution in [2.24, 2.45) is 5.41 Å². The predicted octanol–water partition coefficient (Wildman–Crippen LogP) is 11.0. The number of fused-ring (bicyclic) bond motifs is 11. The highest BCUT2D eigenvalue weighted by molar-refractivity contribution is 7.02. The highest BCUT2D eigenvalue weighted by Crippen LogP contribution is 2.45. The lowest BCUT2D eigenvalue weighted by Crippen LogP contribution is -2.64. The molecule has 0 radical (unpaired) electrons. The number of benzene rings is 7. The normalized spacial score (nSPS) is 15.6. The first-order valence-corrected chi connectivity index (χ1v) is 25.7. The first kappa shape index (κ1) is 41.8. The van der Waals surface area contributed by atoms with Crippen LogP contribution in [0.25, 0.3) is 77.8 Å². The molecule has 0 bridgehead atoms. The summed E-state index contributed by atoms with van der Waals surface area (Å²) in [6.07, 6.45) is 5.41. The number of para-hydroxylation sites is 2. The average Bonchev–Trinajstić information content (AvgIpc) is 4.04. The molecule has 72 heavy (non-hydrogen) atoms. The SMILES string of the molecule is Cc1cc(C(C)C)cc(C)c1B1c2ccc3c4c2-n2c5c1c1c(-c6ccccc6)cc(-c6ccccc6)cc1n5c(=O)n1c2c(c2c5ccccc5n(-c5ccccc5)c21)B4C1=CC=C(C(C)(C)C)CC1O3. The monoisotopic (exact) mass is 930 g/mol. The van der Waals surface area contributed by atoms with E-state index in [0.29, 0.717) is 5.92 Å². The molecule has 4 aromatic heterocycles. The minimum atomic E-state index is -0.207. The Morgan fingerprint density at radius 1 is 0.597 bits per heavy atom. The van der Waals surface area contributed by atoms with Gasteiger partial charge in [-0.1, -0.05) is 190 Å². The molecule has 3 aliphatic heterocycles. The molecular formula is C64H52B2N4O2. The molecule has 7 heterocycles. The van der Waals surface area contributed by atoms with Crippen LogP contribution in [-0.2, 0) is 0 Å². The van der Waals surface area contributed by atoms with Crippen molar-refractivity contribution in [3.8, 4) is 39.4 Å².